The molecule has 160 valence electrons. The third-order valence-electron chi connectivity index (χ3n) is 6.25. The zero-order valence-corrected chi connectivity index (χ0v) is 19.4. The molecular formula is C23H16BrN3O4S. The molecule has 6 rings (SSSR count). The van der Waals surface area contributed by atoms with Crippen LogP contribution < -0.4 is 24.9 Å². The van der Waals surface area contributed by atoms with Gasteiger partial charge in [0.25, 0.3) is 11.5 Å². The van der Waals surface area contributed by atoms with Crippen LogP contribution in [0, 0.1) is 5.92 Å². The summed E-state index contributed by atoms with van der Waals surface area (Å²) >= 11 is 4.60. The van der Waals surface area contributed by atoms with Crippen molar-refractivity contribution in [3.63, 3.8) is 0 Å². The van der Waals surface area contributed by atoms with E-state index in [0.29, 0.717) is 31.9 Å². The molecule has 1 aromatic heterocycles. The first kappa shape index (κ1) is 19.6. The minimum Gasteiger partial charge on any atom is -0.465 e. The summed E-state index contributed by atoms with van der Waals surface area (Å²) in [5.74, 6) is -0.495. The number of carbonyl (C=O) groups excluding carboxylic acids is 2. The minimum atomic E-state index is -1.14. The van der Waals surface area contributed by atoms with Crippen LogP contribution in [0.2, 0.25) is 0 Å². The number of rotatable bonds is 1. The molecule has 9 heteroatoms. The van der Waals surface area contributed by atoms with Gasteiger partial charge in [-0.15, -0.1) is 0 Å². The molecule has 1 N–H and O–H groups in total. The van der Waals surface area contributed by atoms with E-state index >= 15 is 0 Å². The number of benzene rings is 2. The maximum atomic E-state index is 13.8. The molecular weight excluding hydrogens is 494 g/mol. The molecule has 3 unspecified atom stereocenters. The molecule has 3 aliphatic rings. The number of hydrogen-bond donors (Lipinski definition) is 1. The number of ether oxygens (including phenoxy) is 1. The van der Waals surface area contributed by atoms with Crippen LogP contribution in [0.4, 0.5) is 5.69 Å². The highest BCUT2D eigenvalue weighted by Gasteiger charge is 2.53. The maximum absolute atomic E-state index is 13.8. The molecule has 0 aliphatic carbocycles. The monoisotopic (exact) mass is 509 g/mol. The maximum Gasteiger partial charge on any atom is 0.271 e. The lowest BCUT2D eigenvalue weighted by atomic mass is 9.79. The summed E-state index contributed by atoms with van der Waals surface area (Å²) in [4.78, 5) is 44.5. The lowest BCUT2D eigenvalue weighted by Crippen LogP contribution is -2.58. The topological polar surface area (TPSA) is 89.8 Å². The van der Waals surface area contributed by atoms with Gasteiger partial charge in [0.1, 0.15) is 22.0 Å². The third-order valence-corrected chi connectivity index (χ3v) is 7.79. The standard InChI is InChI=1S/C23H16BrN3O4S/c1-10(28)17-18-12-5-3-4-6-15(12)31-23(17,2)26-22-27(18)21(30)19(32-22)16-13-9-11(24)7-8-14(13)25-20(16)29/h3-9,17-18H,1-2H3,(H,25,29)/b19-16+. The summed E-state index contributed by atoms with van der Waals surface area (Å²) in [6.45, 7) is 3.27. The Bertz CT molecular complexity index is 1560. The number of ketones is 1. The summed E-state index contributed by atoms with van der Waals surface area (Å²) in [6.07, 6.45) is 0. The summed E-state index contributed by atoms with van der Waals surface area (Å²) < 4.78 is 8.87. The molecule has 7 nitrogen and oxygen atoms in total. The first-order valence-electron chi connectivity index (χ1n) is 10.0. The van der Waals surface area contributed by atoms with Crippen molar-refractivity contribution in [1.29, 1.82) is 0 Å². The predicted molar refractivity (Wildman–Crippen MR) is 122 cm³/mol. The second-order valence-corrected chi connectivity index (χ2v) is 10.1. The summed E-state index contributed by atoms with van der Waals surface area (Å²) in [5, 5.41) is 2.83. The summed E-state index contributed by atoms with van der Waals surface area (Å²) in [6, 6.07) is 12.3. The first-order valence-corrected chi connectivity index (χ1v) is 11.6. The highest BCUT2D eigenvalue weighted by atomic mass is 79.9. The van der Waals surface area contributed by atoms with Crippen LogP contribution in [0.1, 0.15) is 31.0 Å². The van der Waals surface area contributed by atoms with Gasteiger partial charge in [-0.05, 0) is 38.1 Å². The van der Waals surface area contributed by atoms with Crippen LogP contribution in [0.3, 0.4) is 0 Å². The second kappa shape index (κ2) is 6.49. The Kier molecular flexibility index (Phi) is 3.98. The van der Waals surface area contributed by atoms with E-state index in [2.05, 4.69) is 21.2 Å². The van der Waals surface area contributed by atoms with Crippen molar-refractivity contribution in [2.24, 2.45) is 10.9 Å². The molecule has 0 radical (unpaired) electrons. The van der Waals surface area contributed by atoms with Gasteiger partial charge in [0.05, 0.1) is 11.6 Å². The Labute approximate surface area is 194 Å². The minimum absolute atomic E-state index is 0.110. The molecule has 0 spiro atoms. The number of halogens is 1. The zero-order chi connectivity index (χ0) is 22.4. The average molecular weight is 510 g/mol. The number of anilines is 1. The number of para-hydroxylation sites is 1. The van der Waals surface area contributed by atoms with E-state index in [0.717, 1.165) is 21.4 Å². The Morgan fingerprint density at radius 3 is 2.81 bits per heavy atom. The number of hydrogen-bond acceptors (Lipinski definition) is 6. The van der Waals surface area contributed by atoms with E-state index < -0.39 is 17.7 Å². The fraction of sp³-hybridized carbons (Fsp3) is 0.217. The molecule has 4 heterocycles. The fourth-order valence-corrected chi connectivity index (χ4v) is 6.53. The van der Waals surface area contributed by atoms with E-state index in [1.165, 1.54) is 6.92 Å². The Hall–Kier alpha value is -3.04. The van der Waals surface area contributed by atoms with Crippen LogP contribution in [0.25, 0.3) is 5.57 Å². The highest BCUT2D eigenvalue weighted by molar-refractivity contribution is 9.10. The van der Waals surface area contributed by atoms with Crippen molar-refractivity contribution in [3.8, 4) is 5.75 Å². The summed E-state index contributed by atoms with van der Waals surface area (Å²) in [7, 11) is 0. The van der Waals surface area contributed by atoms with Gasteiger partial charge < -0.3 is 10.1 Å². The molecule has 0 fully saturated rings. The smallest absolute Gasteiger partial charge is 0.271 e. The van der Waals surface area contributed by atoms with Crippen molar-refractivity contribution in [3.05, 3.63) is 77.8 Å². The van der Waals surface area contributed by atoms with Gasteiger partial charge in [0, 0.05) is 21.3 Å². The van der Waals surface area contributed by atoms with Gasteiger partial charge in [-0.2, -0.15) is 0 Å². The average Bonchev–Trinajstić information content (AvgIpc) is 3.21. The van der Waals surface area contributed by atoms with Crippen molar-refractivity contribution in [1.82, 2.24) is 4.57 Å². The number of thiazole rings is 1. The SMILES string of the molecule is CC(=O)C1C2c3ccccc3OC1(C)N=c1s/c(=C3/C(=O)Nc4ccc(Br)cc43)c(=O)n12. The summed E-state index contributed by atoms with van der Waals surface area (Å²) in [5.41, 5.74) is 0.930. The Balaban J connectivity index is 1.72. The molecule has 0 saturated heterocycles. The van der Waals surface area contributed by atoms with Crippen LogP contribution in [0.5, 0.6) is 5.75 Å². The van der Waals surface area contributed by atoms with Gasteiger partial charge in [-0.3, -0.25) is 19.0 Å². The van der Waals surface area contributed by atoms with Crippen LogP contribution >= 0.6 is 27.3 Å². The van der Waals surface area contributed by atoms with E-state index in [9.17, 15) is 14.4 Å². The van der Waals surface area contributed by atoms with Crippen LogP contribution in [-0.4, -0.2) is 22.0 Å². The molecule has 3 atom stereocenters. The van der Waals surface area contributed by atoms with E-state index in [-0.39, 0.29) is 17.2 Å². The van der Waals surface area contributed by atoms with Crippen molar-refractivity contribution in [2.45, 2.75) is 25.6 Å². The lowest BCUT2D eigenvalue weighted by Gasteiger charge is -2.45. The number of carbonyl (C=O) groups is 2. The Morgan fingerprint density at radius 2 is 2.03 bits per heavy atom. The first-order chi connectivity index (χ1) is 15.3. The molecule has 0 saturated carbocycles. The number of nitrogens with zero attached hydrogens (tertiary/aromatic N) is 2. The predicted octanol–water partition coefficient (Wildman–Crippen LogP) is 2.36. The zero-order valence-electron chi connectivity index (χ0n) is 17.0. The van der Waals surface area contributed by atoms with Gasteiger partial charge in [-0.1, -0.05) is 45.5 Å². The van der Waals surface area contributed by atoms with E-state index in [1.807, 2.05) is 36.4 Å². The number of amides is 1. The van der Waals surface area contributed by atoms with Gasteiger partial charge in [-0.25, -0.2) is 4.99 Å². The largest absolute Gasteiger partial charge is 0.465 e. The van der Waals surface area contributed by atoms with Crippen molar-refractivity contribution >= 4 is 50.2 Å². The van der Waals surface area contributed by atoms with Gasteiger partial charge in [0.15, 0.2) is 4.80 Å². The van der Waals surface area contributed by atoms with Crippen LogP contribution in [0.15, 0.2) is 56.7 Å². The lowest BCUT2D eigenvalue weighted by molar-refractivity contribution is -0.132. The van der Waals surface area contributed by atoms with Gasteiger partial charge >= 0.3 is 0 Å². The molecule has 3 aliphatic heterocycles. The van der Waals surface area contributed by atoms with E-state index in [1.54, 1.807) is 17.6 Å². The number of fused-ring (bicyclic) bond motifs is 7. The van der Waals surface area contributed by atoms with E-state index in [4.69, 9.17) is 9.73 Å². The number of nitrogens with one attached hydrogen (secondary N) is 1. The van der Waals surface area contributed by atoms with Crippen molar-refractivity contribution < 1.29 is 14.3 Å². The number of Topliss-reactive ketones (excluding diaryl/α,β-unsaturated/α-hetero) is 1. The van der Waals surface area contributed by atoms with Crippen molar-refractivity contribution in [2.75, 3.05) is 5.32 Å². The fourth-order valence-electron chi connectivity index (χ4n) is 4.97. The highest BCUT2D eigenvalue weighted by Crippen LogP contribution is 2.47. The van der Waals surface area contributed by atoms with Crippen LogP contribution in [-0.2, 0) is 9.59 Å². The quantitative estimate of drug-likeness (QED) is 0.545. The molecule has 2 bridgehead atoms. The second-order valence-electron chi connectivity index (χ2n) is 8.25. The number of aromatic nitrogens is 1. The molecule has 2 aromatic carbocycles. The Morgan fingerprint density at radius 1 is 1.25 bits per heavy atom. The normalized spacial score (nSPS) is 26.3. The molecule has 3 aromatic rings. The molecule has 32 heavy (non-hydrogen) atoms. The molecule has 1 amide bonds. The van der Waals surface area contributed by atoms with Gasteiger partial charge in [0.2, 0.25) is 5.72 Å². The third kappa shape index (κ3) is 2.52.